The van der Waals surface area contributed by atoms with Gasteiger partial charge in [0.1, 0.15) is 0 Å². The Kier molecular flexibility index (Phi) is 3.46. The molecule has 4 bridgehead atoms. The zero-order chi connectivity index (χ0) is 18.5. The van der Waals surface area contributed by atoms with Crippen molar-refractivity contribution >= 4 is 11.6 Å². The number of rotatable bonds is 0. The van der Waals surface area contributed by atoms with Crippen LogP contribution in [-0.4, -0.2) is 42.7 Å². The molecule has 27 heavy (non-hydrogen) atoms. The van der Waals surface area contributed by atoms with Gasteiger partial charge < -0.3 is 5.32 Å². The zero-order valence-electron chi connectivity index (χ0n) is 15.2. The molecular weight excluding hydrogens is 342 g/mol. The van der Waals surface area contributed by atoms with Crippen molar-refractivity contribution in [3.05, 3.63) is 52.9 Å². The summed E-state index contributed by atoms with van der Waals surface area (Å²) in [5, 5.41) is 11.9. The second-order valence-electron chi connectivity index (χ2n) is 6.95. The van der Waals surface area contributed by atoms with Crippen molar-refractivity contribution in [1.29, 1.82) is 0 Å². The molecule has 0 saturated carbocycles. The molecule has 0 fully saturated rings. The van der Waals surface area contributed by atoms with E-state index in [1.54, 1.807) is 10.9 Å². The number of carbonyl (C=O) groups excluding carboxylic acids is 1. The Labute approximate surface area is 155 Å². The number of aryl methyl sites for hydroxylation is 3. The summed E-state index contributed by atoms with van der Waals surface area (Å²) in [6, 6.07) is 2.06. The fraction of sp³-hybridized carbons (Fsp3) is 0.316. The van der Waals surface area contributed by atoms with Crippen LogP contribution in [0.4, 0.5) is 0 Å². The number of hydrogen-bond acceptors (Lipinski definition) is 5. The Morgan fingerprint density at radius 1 is 1.15 bits per heavy atom. The maximum absolute atomic E-state index is 12.7. The van der Waals surface area contributed by atoms with Gasteiger partial charge in [0.25, 0.3) is 5.91 Å². The molecule has 3 aromatic rings. The summed E-state index contributed by atoms with van der Waals surface area (Å²) in [6.07, 6.45) is 6.49. The summed E-state index contributed by atoms with van der Waals surface area (Å²) >= 11 is 0. The highest BCUT2D eigenvalue weighted by atomic mass is 16.1. The minimum atomic E-state index is -0.172. The minimum Gasteiger partial charge on any atom is -0.351 e. The van der Waals surface area contributed by atoms with Gasteiger partial charge in [-0.15, -0.1) is 0 Å². The molecule has 0 spiro atoms. The van der Waals surface area contributed by atoms with Gasteiger partial charge in [-0.2, -0.15) is 10.2 Å². The van der Waals surface area contributed by atoms with E-state index in [9.17, 15) is 4.79 Å². The molecule has 1 amide bonds. The average Bonchev–Trinajstić information content (AvgIpc) is 3.33. The predicted octanol–water partition coefficient (Wildman–Crippen LogP) is 1.47. The number of nitrogens with zero attached hydrogens (tertiary/aromatic N) is 6. The molecule has 0 radical (unpaired) electrons. The molecule has 8 heteroatoms. The molecule has 0 unspecified atom stereocenters. The van der Waals surface area contributed by atoms with E-state index in [1.807, 2.05) is 31.0 Å². The highest BCUT2D eigenvalue weighted by molar-refractivity contribution is 6.16. The molecule has 0 aliphatic carbocycles. The number of nitrogens with one attached hydrogen (secondary N) is 1. The fourth-order valence-corrected chi connectivity index (χ4v) is 3.70. The number of amides is 1. The first-order valence-electron chi connectivity index (χ1n) is 9.00. The van der Waals surface area contributed by atoms with Crippen LogP contribution in [0, 0.1) is 6.92 Å². The largest absolute Gasteiger partial charge is 0.351 e. The highest BCUT2D eigenvalue weighted by Crippen LogP contribution is 2.29. The Balaban J connectivity index is 1.71. The number of fused-ring (bicyclic) bond motifs is 6. The van der Waals surface area contributed by atoms with Gasteiger partial charge >= 0.3 is 0 Å². The molecule has 2 aliphatic heterocycles. The van der Waals surface area contributed by atoms with Crippen LogP contribution < -0.4 is 5.32 Å². The van der Waals surface area contributed by atoms with Crippen molar-refractivity contribution in [2.24, 2.45) is 12.0 Å². The quantitative estimate of drug-likeness (QED) is 0.657. The molecule has 5 rings (SSSR count). The van der Waals surface area contributed by atoms with Gasteiger partial charge in [0.2, 0.25) is 0 Å². The van der Waals surface area contributed by atoms with Gasteiger partial charge in [-0.25, -0.2) is 0 Å². The molecule has 2 aliphatic rings. The smallest absolute Gasteiger partial charge is 0.272 e. The number of carbonyl (C=O) groups is 1. The summed E-state index contributed by atoms with van der Waals surface area (Å²) in [5.41, 5.74) is 6.93. The second-order valence-corrected chi connectivity index (χ2v) is 6.95. The number of pyridine rings is 1. The van der Waals surface area contributed by atoms with Crippen LogP contribution in [0.5, 0.6) is 0 Å². The third-order valence-electron chi connectivity index (χ3n) is 5.02. The van der Waals surface area contributed by atoms with E-state index in [0.717, 1.165) is 52.3 Å². The van der Waals surface area contributed by atoms with E-state index in [0.29, 0.717) is 18.8 Å². The molecule has 3 aromatic heterocycles. The van der Waals surface area contributed by atoms with E-state index in [1.165, 1.54) is 0 Å². The van der Waals surface area contributed by atoms with E-state index < -0.39 is 0 Å². The lowest BCUT2D eigenvalue weighted by atomic mass is 9.99. The standard InChI is InChI=1S/C19H19N7O/c1-11-14-10-26(23-11)5-3-4-20-19(27)18-15(9-25(2)24-18)12-6-13-16(21-7-12)8-22-17(13)14/h6-7,9-10H,3-5,8H2,1-2H3,(H,20,27). The van der Waals surface area contributed by atoms with Crippen molar-refractivity contribution in [1.82, 2.24) is 29.9 Å². The third-order valence-corrected chi connectivity index (χ3v) is 5.02. The van der Waals surface area contributed by atoms with Crippen LogP contribution >= 0.6 is 0 Å². The van der Waals surface area contributed by atoms with E-state index in [-0.39, 0.29) is 5.91 Å². The maximum atomic E-state index is 12.7. The van der Waals surface area contributed by atoms with Crippen LogP contribution in [-0.2, 0) is 20.1 Å². The number of aliphatic imine (C=N–C) groups is 1. The molecule has 0 atom stereocenters. The van der Waals surface area contributed by atoms with Crippen LogP contribution in [0.2, 0.25) is 0 Å². The van der Waals surface area contributed by atoms with Crippen molar-refractivity contribution in [2.45, 2.75) is 26.4 Å². The molecular formula is C19H19N7O. The Morgan fingerprint density at radius 2 is 2.04 bits per heavy atom. The van der Waals surface area contributed by atoms with Crippen LogP contribution in [0.25, 0.3) is 11.1 Å². The Morgan fingerprint density at radius 3 is 2.93 bits per heavy atom. The monoisotopic (exact) mass is 361 g/mol. The minimum absolute atomic E-state index is 0.172. The molecule has 1 N–H and O–H groups in total. The lowest BCUT2D eigenvalue weighted by Crippen LogP contribution is -2.26. The Bertz CT molecular complexity index is 1110. The second kappa shape index (κ2) is 5.87. The Hall–Kier alpha value is -3.29. The van der Waals surface area contributed by atoms with Gasteiger partial charge in [-0.05, 0) is 19.4 Å². The van der Waals surface area contributed by atoms with Gasteiger partial charge in [0, 0.05) is 61.0 Å². The van der Waals surface area contributed by atoms with E-state index >= 15 is 0 Å². The van der Waals surface area contributed by atoms with Crippen LogP contribution in [0.15, 0.2) is 29.6 Å². The first-order valence-corrected chi connectivity index (χ1v) is 9.00. The first-order chi connectivity index (χ1) is 13.1. The lowest BCUT2D eigenvalue weighted by Gasteiger charge is -2.08. The van der Waals surface area contributed by atoms with E-state index in [2.05, 4.69) is 26.6 Å². The van der Waals surface area contributed by atoms with Crippen molar-refractivity contribution in [3.63, 3.8) is 0 Å². The van der Waals surface area contributed by atoms with Crippen molar-refractivity contribution < 1.29 is 4.79 Å². The van der Waals surface area contributed by atoms with Crippen LogP contribution in [0.3, 0.4) is 0 Å². The topological polar surface area (TPSA) is 90.0 Å². The summed E-state index contributed by atoms with van der Waals surface area (Å²) in [4.78, 5) is 22.0. The number of hydrogen-bond donors (Lipinski definition) is 1. The molecule has 136 valence electrons. The molecule has 0 aromatic carbocycles. The van der Waals surface area contributed by atoms with Crippen molar-refractivity contribution in [2.75, 3.05) is 6.54 Å². The normalized spacial score (nSPS) is 15.8. The fourth-order valence-electron chi connectivity index (χ4n) is 3.70. The van der Waals surface area contributed by atoms with Gasteiger partial charge in [-0.1, -0.05) is 0 Å². The lowest BCUT2D eigenvalue weighted by molar-refractivity contribution is 0.0947. The summed E-state index contributed by atoms with van der Waals surface area (Å²) < 4.78 is 3.59. The average molecular weight is 361 g/mol. The van der Waals surface area contributed by atoms with E-state index in [4.69, 9.17) is 4.99 Å². The molecule has 5 heterocycles. The summed E-state index contributed by atoms with van der Waals surface area (Å²) in [7, 11) is 1.82. The van der Waals surface area contributed by atoms with Gasteiger partial charge in [0.15, 0.2) is 5.69 Å². The number of aromatic nitrogens is 5. The summed E-state index contributed by atoms with van der Waals surface area (Å²) in [6.45, 7) is 3.86. The van der Waals surface area contributed by atoms with Crippen molar-refractivity contribution in [3.8, 4) is 11.1 Å². The van der Waals surface area contributed by atoms with Gasteiger partial charge in [0.05, 0.1) is 23.6 Å². The van der Waals surface area contributed by atoms with Crippen LogP contribution in [0.1, 0.15) is 39.4 Å². The highest BCUT2D eigenvalue weighted by Gasteiger charge is 2.25. The third kappa shape index (κ3) is 2.56. The maximum Gasteiger partial charge on any atom is 0.272 e. The SMILES string of the molecule is Cc1nn2cc1C1=NCc3ncc(cc31)-c1cn(C)nc1C(=O)NCCC2. The molecule has 0 saturated heterocycles. The first kappa shape index (κ1) is 15.9. The summed E-state index contributed by atoms with van der Waals surface area (Å²) in [5.74, 6) is -0.172. The molecule has 8 nitrogen and oxygen atoms in total. The zero-order valence-corrected chi connectivity index (χ0v) is 15.2. The predicted molar refractivity (Wildman–Crippen MR) is 99.7 cm³/mol. The van der Waals surface area contributed by atoms with Gasteiger partial charge in [-0.3, -0.25) is 24.1 Å².